The van der Waals surface area contributed by atoms with Crippen molar-refractivity contribution in [3.05, 3.63) is 59.7 Å². The number of hydrogen-bond donors (Lipinski definition) is 2. The summed E-state index contributed by atoms with van der Waals surface area (Å²) in [6.07, 6.45) is 6.13. The van der Waals surface area contributed by atoms with Crippen molar-refractivity contribution in [3.63, 3.8) is 0 Å². The van der Waals surface area contributed by atoms with Crippen molar-refractivity contribution in [1.29, 1.82) is 0 Å². The number of benzene rings is 2. The summed E-state index contributed by atoms with van der Waals surface area (Å²) in [6, 6.07) is 9.91. The Bertz CT molecular complexity index is 1080. The first-order valence-corrected chi connectivity index (χ1v) is 11.3. The Labute approximate surface area is 191 Å². The molecule has 1 aliphatic heterocycles. The van der Waals surface area contributed by atoms with Gasteiger partial charge in [0.15, 0.2) is 0 Å². The van der Waals surface area contributed by atoms with Gasteiger partial charge in [0.05, 0.1) is 11.3 Å². The van der Waals surface area contributed by atoms with Crippen LogP contribution >= 0.6 is 0 Å². The Kier molecular flexibility index (Phi) is 7.62. The quantitative estimate of drug-likeness (QED) is 0.468. The number of nitrogens with one attached hydrogen (secondary N) is 2. The highest BCUT2D eigenvalue weighted by Crippen LogP contribution is 2.25. The molecule has 2 aromatic carbocycles. The molecule has 9 heteroatoms. The van der Waals surface area contributed by atoms with Crippen LogP contribution < -0.4 is 10.6 Å². The zero-order chi connectivity index (χ0) is 23.0. The molecule has 2 N–H and O–H groups in total. The van der Waals surface area contributed by atoms with Gasteiger partial charge in [0.25, 0.3) is 5.91 Å². The van der Waals surface area contributed by atoms with Crippen LogP contribution in [0.25, 0.3) is 11.5 Å². The van der Waals surface area contributed by atoms with Gasteiger partial charge in [-0.1, -0.05) is 30.1 Å². The van der Waals surface area contributed by atoms with E-state index in [1.807, 2.05) is 0 Å². The minimum absolute atomic E-state index is 0.0709. The average Bonchev–Trinajstić information content (AvgIpc) is 3.13. The third kappa shape index (κ3) is 6.13. The van der Waals surface area contributed by atoms with Crippen molar-refractivity contribution < 1.29 is 18.0 Å². The third-order valence-electron chi connectivity index (χ3n) is 5.63. The number of anilines is 2. The number of carbonyl (C=O) groups excluding carboxylic acids is 1. The third-order valence-corrected chi connectivity index (χ3v) is 5.63. The molecule has 0 unspecified atom stereocenters. The van der Waals surface area contributed by atoms with E-state index in [0.29, 0.717) is 12.1 Å². The van der Waals surface area contributed by atoms with E-state index in [0.717, 1.165) is 26.1 Å². The normalized spacial score (nSPS) is 14.6. The molecule has 1 saturated heterocycles. The second-order valence-electron chi connectivity index (χ2n) is 8.08. The van der Waals surface area contributed by atoms with Crippen LogP contribution in [0.1, 0.15) is 42.5 Å². The van der Waals surface area contributed by atoms with Crippen LogP contribution in [-0.4, -0.2) is 47.2 Å². The maximum absolute atomic E-state index is 14.6. The molecule has 4 rings (SSSR count). The predicted molar refractivity (Wildman–Crippen MR) is 122 cm³/mol. The van der Waals surface area contributed by atoms with Crippen molar-refractivity contribution in [2.24, 2.45) is 0 Å². The van der Waals surface area contributed by atoms with Gasteiger partial charge in [-0.2, -0.15) is 0 Å². The van der Waals surface area contributed by atoms with E-state index < -0.39 is 17.5 Å². The maximum atomic E-state index is 14.6. The lowest BCUT2D eigenvalue weighted by Gasteiger charge is -2.19. The minimum atomic E-state index is -0.732. The molecule has 0 radical (unpaired) electrons. The maximum Gasteiger partial charge on any atom is 0.315 e. The summed E-state index contributed by atoms with van der Waals surface area (Å²) >= 11 is 0. The van der Waals surface area contributed by atoms with Crippen molar-refractivity contribution in [3.8, 4) is 11.5 Å². The molecule has 0 atom stereocenters. The Hall–Kier alpha value is -3.33. The van der Waals surface area contributed by atoms with Crippen LogP contribution in [0.2, 0.25) is 0 Å². The summed E-state index contributed by atoms with van der Waals surface area (Å²) in [5.74, 6) is -1.94. The molecule has 2 heterocycles. The van der Waals surface area contributed by atoms with Gasteiger partial charge in [0.1, 0.15) is 11.6 Å². The molecular weight excluding hydrogens is 428 g/mol. The molecule has 174 valence electrons. The van der Waals surface area contributed by atoms with E-state index in [1.54, 1.807) is 6.07 Å². The van der Waals surface area contributed by atoms with E-state index >= 15 is 0 Å². The lowest BCUT2D eigenvalue weighted by Crippen LogP contribution is -2.27. The number of amides is 1. The summed E-state index contributed by atoms with van der Waals surface area (Å²) in [4.78, 5) is 14.7. The van der Waals surface area contributed by atoms with E-state index in [2.05, 4.69) is 25.7 Å². The second kappa shape index (κ2) is 11.0. The highest BCUT2D eigenvalue weighted by molar-refractivity contribution is 6.04. The first kappa shape index (κ1) is 22.8. The Morgan fingerprint density at radius 2 is 1.79 bits per heavy atom. The topological polar surface area (TPSA) is 83.3 Å². The van der Waals surface area contributed by atoms with Crippen molar-refractivity contribution in [2.75, 3.05) is 36.8 Å². The predicted octanol–water partition coefficient (Wildman–Crippen LogP) is 4.95. The van der Waals surface area contributed by atoms with E-state index in [1.165, 1.54) is 62.1 Å². The van der Waals surface area contributed by atoms with Gasteiger partial charge in [0, 0.05) is 12.1 Å². The number of carbonyl (C=O) groups is 1. The molecule has 0 saturated carbocycles. The second-order valence-corrected chi connectivity index (χ2v) is 8.08. The van der Waals surface area contributed by atoms with Gasteiger partial charge < -0.3 is 20.0 Å². The molecule has 0 spiro atoms. The highest BCUT2D eigenvalue weighted by atomic mass is 19.1. The van der Waals surface area contributed by atoms with Gasteiger partial charge >= 0.3 is 6.01 Å². The zero-order valence-electron chi connectivity index (χ0n) is 18.3. The molecule has 0 bridgehead atoms. The summed E-state index contributed by atoms with van der Waals surface area (Å²) in [7, 11) is 0. The Morgan fingerprint density at radius 3 is 2.55 bits per heavy atom. The van der Waals surface area contributed by atoms with Crippen LogP contribution in [0.3, 0.4) is 0 Å². The average molecular weight is 456 g/mol. The molecule has 0 aliphatic carbocycles. The molecule has 3 aromatic rings. The summed E-state index contributed by atoms with van der Waals surface area (Å²) in [5, 5.41) is 13.4. The minimum Gasteiger partial charge on any atom is -0.403 e. The molecule has 1 fully saturated rings. The number of halogens is 2. The molecular formula is C24H27F2N5O2. The van der Waals surface area contributed by atoms with Gasteiger partial charge in [-0.3, -0.25) is 4.79 Å². The Balaban J connectivity index is 1.31. The standard InChI is InChI=1S/C24H27F2N5O2/c25-19-9-4-3-8-18(19)22(32)28-21-11-10-17(16-20(21)26)23-29-30-24(33-23)27-12-7-15-31-13-5-1-2-6-14-31/h3-4,8-11,16H,1-2,5-7,12-15H2,(H,27,30)(H,28,32). The molecule has 7 nitrogen and oxygen atoms in total. The molecule has 1 aliphatic rings. The fourth-order valence-electron chi connectivity index (χ4n) is 3.85. The van der Waals surface area contributed by atoms with Gasteiger partial charge in [-0.15, -0.1) is 5.10 Å². The molecule has 33 heavy (non-hydrogen) atoms. The Morgan fingerprint density at radius 1 is 1.00 bits per heavy atom. The molecule has 1 amide bonds. The van der Waals surface area contributed by atoms with Crippen molar-refractivity contribution in [1.82, 2.24) is 15.1 Å². The largest absolute Gasteiger partial charge is 0.403 e. The lowest BCUT2D eigenvalue weighted by atomic mass is 10.1. The number of aromatic nitrogens is 2. The lowest BCUT2D eigenvalue weighted by molar-refractivity contribution is 0.102. The smallest absolute Gasteiger partial charge is 0.315 e. The van der Waals surface area contributed by atoms with Crippen LogP contribution in [-0.2, 0) is 0 Å². The van der Waals surface area contributed by atoms with Crippen LogP contribution in [0.5, 0.6) is 0 Å². The summed E-state index contributed by atoms with van der Waals surface area (Å²) in [5.41, 5.74) is 0.143. The fraction of sp³-hybridized carbons (Fsp3) is 0.375. The van der Waals surface area contributed by atoms with Gasteiger partial charge in [-0.25, -0.2) is 8.78 Å². The molecule has 1 aromatic heterocycles. The van der Waals surface area contributed by atoms with Gasteiger partial charge in [-0.05, 0) is 69.2 Å². The summed E-state index contributed by atoms with van der Waals surface area (Å²) in [6.45, 7) is 4.05. The highest BCUT2D eigenvalue weighted by Gasteiger charge is 2.16. The first-order valence-electron chi connectivity index (χ1n) is 11.3. The number of likely N-dealkylation sites (tertiary alicyclic amines) is 1. The van der Waals surface area contributed by atoms with Crippen LogP contribution in [0.4, 0.5) is 20.5 Å². The van der Waals surface area contributed by atoms with Crippen LogP contribution in [0.15, 0.2) is 46.9 Å². The zero-order valence-corrected chi connectivity index (χ0v) is 18.3. The van der Waals surface area contributed by atoms with E-state index in [-0.39, 0.29) is 23.2 Å². The fourth-order valence-corrected chi connectivity index (χ4v) is 3.85. The van der Waals surface area contributed by atoms with Crippen molar-refractivity contribution >= 4 is 17.6 Å². The van der Waals surface area contributed by atoms with Gasteiger partial charge in [0.2, 0.25) is 5.89 Å². The van der Waals surface area contributed by atoms with E-state index in [9.17, 15) is 13.6 Å². The monoisotopic (exact) mass is 455 g/mol. The first-order chi connectivity index (χ1) is 16.1. The number of hydrogen-bond acceptors (Lipinski definition) is 6. The summed E-state index contributed by atoms with van der Waals surface area (Å²) < 4.78 is 33.9. The number of rotatable bonds is 8. The SMILES string of the molecule is O=C(Nc1ccc(-c2nnc(NCCCN3CCCCCC3)o2)cc1F)c1ccccc1F. The number of nitrogens with zero attached hydrogens (tertiary/aromatic N) is 3. The van der Waals surface area contributed by atoms with E-state index in [4.69, 9.17) is 4.42 Å². The van der Waals surface area contributed by atoms with Crippen LogP contribution in [0, 0.1) is 11.6 Å². The van der Waals surface area contributed by atoms with Crippen molar-refractivity contribution in [2.45, 2.75) is 32.1 Å².